The number of rotatable bonds is 3. The summed E-state index contributed by atoms with van der Waals surface area (Å²) >= 11 is 6.12. The molecule has 2 N–H and O–H groups in total. The third-order valence-electron chi connectivity index (χ3n) is 6.19. The van der Waals surface area contributed by atoms with Crippen LogP contribution >= 0.6 is 11.6 Å². The second-order valence-corrected chi connectivity index (χ2v) is 8.45. The highest BCUT2D eigenvalue weighted by Gasteiger charge is 2.35. The highest BCUT2D eigenvalue weighted by molar-refractivity contribution is 6.31. The molecule has 5 rings (SSSR count). The third-order valence-corrected chi connectivity index (χ3v) is 6.43. The Balaban J connectivity index is 1.39. The van der Waals surface area contributed by atoms with E-state index in [-0.39, 0.29) is 23.8 Å². The van der Waals surface area contributed by atoms with Crippen molar-refractivity contribution in [2.45, 2.75) is 44.1 Å². The van der Waals surface area contributed by atoms with Crippen LogP contribution in [0.4, 0.5) is 0 Å². The van der Waals surface area contributed by atoms with E-state index in [4.69, 9.17) is 21.3 Å². The Hall–Kier alpha value is -2.53. The number of para-hydroxylation sites is 1. The van der Waals surface area contributed by atoms with Crippen LogP contribution in [0.15, 0.2) is 42.5 Å². The smallest absolute Gasteiger partial charge is 0.224 e. The number of fused-ring (bicyclic) bond motifs is 2. The average Bonchev–Trinajstić information content (AvgIpc) is 3.17. The fourth-order valence-electron chi connectivity index (χ4n) is 4.72. The summed E-state index contributed by atoms with van der Waals surface area (Å²) in [4.78, 5) is 21.5. The number of nitrogens with zero attached hydrogens (tertiary/aromatic N) is 1. The lowest BCUT2D eigenvalue weighted by atomic mass is 9.78. The van der Waals surface area contributed by atoms with Gasteiger partial charge in [-0.05, 0) is 37.1 Å². The first-order valence-electron chi connectivity index (χ1n) is 10.4. The SMILES string of the molecule is O=C(NC1CCOc2ccccc21)C1CCCCC1c1nc2ccc(Cl)cc2[nH]1. The van der Waals surface area contributed by atoms with E-state index in [1.807, 2.05) is 42.5 Å². The van der Waals surface area contributed by atoms with Crippen LogP contribution in [-0.2, 0) is 4.79 Å². The summed E-state index contributed by atoms with van der Waals surface area (Å²) < 4.78 is 5.74. The van der Waals surface area contributed by atoms with E-state index in [9.17, 15) is 4.79 Å². The van der Waals surface area contributed by atoms with Gasteiger partial charge in [0.25, 0.3) is 0 Å². The fourth-order valence-corrected chi connectivity index (χ4v) is 4.89. The molecule has 29 heavy (non-hydrogen) atoms. The maximum atomic E-state index is 13.3. The van der Waals surface area contributed by atoms with Gasteiger partial charge >= 0.3 is 0 Å². The number of carbonyl (C=O) groups is 1. The molecule has 2 heterocycles. The van der Waals surface area contributed by atoms with Crippen molar-refractivity contribution in [3.63, 3.8) is 0 Å². The normalized spacial score (nSPS) is 24.0. The largest absolute Gasteiger partial charge is 0.493 e. The van der Waals surface area contributed by atoms with Gasteiger partial charge in [0, 0.05) is 28.8 Å². The quantitative estimate of drug-likeness (QED) is 0.630. The number of nitrogens with one attached hydrogen (secondary N) is 2. The van der Waals surface area contributed by atoms with Gasteiger partial charge in [-0.15, -0.1) is 0 Å². The molecule has 1 aliphatic heterocycles. The molecule has 2 aliphatic rings. The molecule has 2 aromatic carbocycles. The summed E-state index contributed by atoms with van der Waals surface area (Å²) in [5.74, 6) is 1.92. The van der Waals surface area contributed by atoms with E-state index in [0.29, 0.717) is 11.6 Å². The van der Waals surface area contributed by atoms with E-state index < -0.39 is 0 Å². The molecular weight excluding hydrogens is 386 g/mol. The van der Waals surface area contributed by atoms with Gasteiger partial charge < -0.3 is 15.0 Å². The van der Waals surface area contributed by atoms with Crippen molar-refractivity contribution in [3.05, 3.63) is 58.9 Å². The van der Waals surface area contributed by atoms with E-state index >= 15 is 0 Å². The summed E-state index contributed by atoms with van der Waals surface area (Å²) in [5, 5.41) is 3.99. The van der Waals surface area contributed by atoms with Crippen LogP contribution in [0, 0.1) is 5.92 Å². The second kappa shape index (κ2) is 7.71. The molecule has 0 bridgehead atoms. The van der Waals surface area contributed by atoms with Crippen LogP contribution in [0.1, 0.15) is 55.5 Å². The Morgan fingerprint density at radius 3 is 2.93 bits per heavy atom. The monoisotopic (exact) mass is 409 g/mol. The van der Waals surface area contributed by atoms with Crippen molar-refractivity contribution >= 4 is 28.5 Å². The summed E-state index contributed by atoms with van der Waals surface area (Å²) in [6, 6.07) is 13.6. The van der Waals surface area contributed by atoms with Gasteiger partial charge in [0.2, 0.25) is 5.91 Å². The van der Waals surface area contributed by atoms with Gasteiger partial charge in [-0.1, -0.05) is 42.6 Å². The zero-order valence-electron chi connectivity index (χ0n) is 16.2. The van der Waals surface area contributed by atoms with Crippen molar-refractivity contribution in [2.24, 2.45) is 5.92 Å². The minimum atomic E-state index is -0.0743. The Morgan fingerprint density at radius 2 is 2.00 bits per heavy atom. The summed E-state index contributed by atoms with van der Waals surface area (Å²) in [6.07, 6.45) is 4.84. The van der Waals surface area contributed by atoms with Crippen molar-refractivity contribution in [3.8, 4) is 5.75 Å². The van der Waals surface area contributed by atoms with E-state index in [1.165, 1.54) is 0 Å². The molecule has 5 nitrogen and oxygen atoms in total. The van der Waals surface area contributed by atoms with Gasteiger partial charge in [-0.25, -0.2) is 4.98 Å². The van der Waals surface area contributed by atoms with Crippen LogP contribution in [0.2, 0.25) is 5.02 Å². The number of carbonyl (C=O) groups excluding carboxylic acids is 1. The predicted molar refractivity (Wildman–Crippen MR) is 113 cm³/mol. The molecule has 0 saturated heterocycles. The molecule has 1 aromatic heterocycles. The molecule has 0 radical (unpaired) electrons. The number of ether oxygens (including phenoxy) is 1. The molecule has 1 fully saturated rings. The molecule has 1 amide bonds. The van der Waals surface area contributed by atoms with Gasteiger partial charge in [-0.3, -0.25) is 4.79 Å². The first kappa shape index (κ1) is 18.5. The Kier molecular flexibility index (Phi) is 4.92. The minimum absolute atomic E-state index is 0.00417. The maximum absolute atomic E-state index is 13.3. The number of halogens is 1. The molecular formula is C23H24ClN3O2. The van der Waals surface area contributed by atoms with Crippen LogP contribution in [-0.4, -0.2) is 22.5 Å². The average molecular weight is 410 g/mol. The molecule has 3 unspecified atom stereocenters. The number of hydrogen-bond donors (Lipinski definition) is 2. The molecule has 150 valence electrons. The summed E-state index contributed by atoms with van der Waals surface area (Å²) in [5.41, 5.74) is 2.89. The highest BCUT2D eigenvalue weighted by atomic mass is 35.5. The molecule has 3 atom stereocenters. The Bertz CT molecular complexity index is 1050. The lowest BCUT2D eigenvalue weighted by molar-refractivity contribution is -0.127. The van der Waals surface area contributed by atoms with Gasteiger partial charge in [-0.2, -0.15) is 0 Å². The fraction of sp³-hybridized carbons (Fsp3) is 0.391. The maximum Gasteiger partial charge on any atom is 0.224 e. The van der Waals surface area contributed by atoms with Crippen LogP contribution in [0.5, 0.6) is 5.75 Å². The number of H-pyrrole nitrogens is 1. The summed E-state index contributed by atoms with van der Waals surface area (Å²) in [6.45, 7) is 0.625. The molecule has 3 aromatic rings. The highest BCUT2D eigenvalue weighted by Crippen LogP contribution is 2.39. The number of amides is 1. The summed E-state index contributed by atoms with van der Waals surface area (Å²) in [7, 11) is 0. The van der Waals surface area contributed by atoms with E-state index in [0.717, 1.165) is 60.3 Å². The van der Waals surface area contributed by atoms with Crippen LogP contribution in [0.3, 0.4) is 0 Å². The van der Waals surface area contributed by atoms with Crippen molar-refractivity contribution in [1.82, 2.24) is 15.3 Å². The first-order chi connectivity index (χ1) is 14.2. The molecule has 1 saturated carbocycles. The third kappa shape index (κ3) is 3.60. The van der Waals surface area contributed by atoms with Gasteiger partial charge in [0.05, 0.1) is 23.7 Å². The second-order valence-electron chi connectivity index (χ2n) is 8.02. The standard InChI is InChI=1S/C23H24ClN3O2/c24-14-9-10-19-20(13-14)26-22(25-19)15-5-1-2-6-16(15)23(28)27-18-11-12-29-21-8-4-3-7-17(18)21/h3-4,7-10,13,15-16,18H,1-2,5-6,11-12H2,(H,25,26)(H,27,28). The Labute approximate surface area is 174 Å². The molecule has 1 aliphatic carbocycles. The van der Waals surface area contributed by atoms with Crippen molar-refractivity contribution in [1.29, 1.82) is 0 Å². The number of hydrogen-bond acceptors (Lipinski definition) is 3. The van der Waals surface area contributed by atoms with Gasteiger partial charge in [0.1, 0.15) is 11.6 Å². The van der Waals surface area contributed by atoms with Crippen LogP contribution in [0.25, 0.3) is 11.0 Å². The first-order valence-corrected chi connectivity index (χ1v) is 10.7. The minimum Gasteiger partial charge on any atom is -0.493 e. The Morgan fingerprint density at radius 1 is 1.14 bits per heavy atom. The van der Waals surface area contributed by atoms with E-state index in [2.05, 4.69) is 10.3 Å². The number of aromatic amines is 1. The lowest BCUT2D eigenvalue weighted by Crippen LogP contribution is -2.39. The number of aromatic nitrogens is 2. The van der Waals surface area contributed by atoms with Crippen LogP contribution < -0.4 is 10.1 Å². The van der Waals surface area contributed by atoms with E-state index in [1.54, 1.807) is 0 Å². The zero-order valence-corrected chi connectivity index (χ0v) is 16.9. The van der Waals surface area contributed by atoms with Gasteiger partial charge in [0.15, 0.2) is 0 Å². The number of imidazole rings is 1. The topological polar surface area (TPSA) is 67.0 Å². The number of benzene rings is 2. The molecule has 0 spiro atoms. The molecule has 6 heteroatoms. The van der Waals surface area contributed by atoms with Crippen molar-refractivity contribution < 1.29 is 9.53 Å². The lowest BCUT2D eigenvalue weighted by Gasteiger charge is -2.32. The van der Waals surface area contributed by atoms with Crippen molar-refractivity contribution in [2.75, 3.05) is 6.61 Å². The zero-order chi connectivity index (χ0) is 19.8. The predicted octanol–water partition coefficient (Wildman–Crippen LogP) is 5.13.